The van der Waals surface area contributed by atoms with E-state index in [0.717, 1.165) is 66.7 Å². The first kappa shape index (κ1) is 18.6. The van der Waals surface area contributed by atoms with Gasteiger partial charge in [-0.2, -0.15) is 0 Å². The van der Waals surface area contributed by atoms with Crippen LogP contribution in [0.2, 0.25) is 5.02 Å². The molecule has 5 rings (SSSR count). The average Bonchev–Trinajstić information content (AvgIpc) is 3.22. The Morgan fingerprint density at radius 3 is 3.00 bits per heavy atom. The van der Waals surface area contributed by atoms with E-state index in [2.05, 4.69) is 34.1 Å². The lowest BCUT2D eigenvalue weighted by Crippen LogP contribution is -2.34. The van der Waals surface area contributed by atoms with E-state index in [0.29, 0.717) is 5.92 Å². The molecule has 2 aromatic carbocycles. The molecule has 0 N–H and O–H groups in total. The number of rotatable bonds is 4. The van der Waals surface area contributed by atoms with Gasteiger partial charge in [-0.25, -0.2) is 9.97 Å². The molecule has 0 amide bonds. The SMILES string of the molecule is Clc1ccccc1-c1cncnc1[C@H]1CCCN(Cc2ccc3c(c2)CCO3)C1. The maximum Gasteiger partial charge on any atom is 0.122 e. The van der Waals surface area contributed by atoms with Crippen molar-refractivity contribution in [2.45, 2.75) is 31.7 Å². The third-order valence-corrected chi connectivity index (χ3v) is 6.29. The van der Waals surface area contributed by atoms with E-state index in [1.807, 2.05) is 24.4 Å². The summed E-state index contributed by atoms with van der Waals surface area (Å²) in [6, 6.07) is 14.6. The number of halogens is 1. The molecule has 1 atom stereocenters. The molecule has 1 fully saturated rings. The number of likely N-dealkylation sites (tertiary alicyclic amines) is 1. The predicted octanol–water partition coefficient (Wildman–Crippen LogP) is 5.11. The molecule has 2 aliphatic heterocycles. The first-order valence-corrected chi connectivity index (χ1v) is 10.7. The Hall–Kier alpha value is -2.43. The highest BCUT2D eigenvalue weighted by atomic mass is 35.5. The van der Waals surface area contributed by atoms with Gasteiger partial charge in [-0.15, -0.1) is 0 Å². The Balaban J connectivity index is 1.37. The Morgan fingerprint density at radius 2 is 2.07 bits per heavy atom. The number of piperidine rings is 1. The average molecular weight is 406 g/mol. The number of benzene rings is 2. The Kier molecular flexibility index (Phi) is 5.21. The molecule has 148 valence electrons. The van der Waals surface area contributed by atoms with Crippen LogP contribution in [0.3, 0.4) is 0 Å². The summed E-state index contributed by atoms with van der Waals surface area (Å²) in [5.74, 6) is 1.44. The minimum atomic E-state index is 0.385. The predicted molar refractivity (Wildman–Crippen MR) is 115 cm³/mol. The number of ether oxygens (including phenoxy) is 1. The summed E-state index contributed by atoms with van der Waals surface area (Å²) in [5.41, 5.74) is 5.89. The minimum absolute atomic E-state index is 0.385. The Morgan fingerprint density at radius 1 is 1.14 bits per heavy atom. The van der Waals surface area contributed by atoms with Crippen LogP contribution in [0, 0.1) is 0 Å². The highest BCUT2D eigenvalue weighted by Gasteiger charge is 2.26. The molecule has 0 unspecified atom stereocenters. The van der Waals surface area contributed by atoms with Crippen LogP contribution in [0.25, 0.3) is 11.1 Å². The van der Waals surface area contributed by atoms with Crippen molar-refractivity contribution in [2.75, 3.05) is 19.7 Å². The lowest BCUT2D eigenvalue weighted by Gasteiger charge is -2.33. The van der Waals surface area contributed by atoms with Gasteiger partial charge < -0.3 is 4.74 Å². The van der Waals surface area contributed by atoms with Gasteiger partial charge in [0.15, 0.2) is 0 Å². The molecular weight excluding hydrogens is 382 g/mol. The molecule has 1 aromatic heterocycles. The fraction of sp³-hybridized carbons (Fsp3) is 0.333. The molecule has 0 aliphatic carbocycles. The highest BCUT2D eigenvalue weighted by molar-refractivity contribution is 6.33. The van der Waals surface area contributed by atoms with Crippen LogP contribution >= 0.6 is 11.6 Å². The molecular formula is C24H24ClN3O. The molecule has 0 saturated carbocycles. The van der Waals surface area contributed by atoms with Gasteiger partial charge in [-0.05, 0) is 42.6 Å². The van der Waals surface area contributed by atoms with Gasteiger partial charge in [0.25, 0.3) is 0 Å². The first-order valence-electron chi connectivity index (χ1n) is 10.3. The number of hydrogen-bond acceptors (Lipinski definition) is 4. The molecule has 3 heterocycles. The van der Waals surface area contributed by atoms with Gasteiger partial charge in [-0.3, -0.25) is 4.90 Å². The van der Waals surface area contributed by atoms with Gasteiger partial charge in [0, 0.05) is 47.8 Å². The molecule has 5 heteroatoms. The van der Waals surface area contributed by atoms with Crippen LogP contribution in [-0.4, -0.2) is 34.6 Å². The third kappa shape index (κ3) is 3.87. The van der Waals surface area contributed by atoms with Crippen LogP contribution in [0.15, 0.2) is 55.0 Å². The monoisotopic (exact) mass is 405 g/mol. The fourth-order valence-electron chi connectivity index (χ4n) is 4.57. The number of nitrogens with zero attached hydrogens (tertiary/aromatic N) is 3. The number of fused-ring (bicyclic) bond motifs is 1. The van der Waals surface area contributed by atoms with Crippen molar-refractivity contribution >= 4 is 11.6 Å². The van der Waals surface area contributed by atoms with Crippen LogP contribution in [0.5, 0.6) is 5.75 Å². The zero-order valence-electron chi connectivity index (χ0n) is 16.4. The standard InChI is InChI=1S/C24H24ClN3O/c25-22-6-2-1-5-20(22)21-13-26-16-27-24(21)19-4-3-10-28(15-19)14-17-7-8-23-18(12-17)9-11-29-23/h1-2,5-8,12-13,16,19H,3-4,9-11,14-15H2/t19-/m0/s1. The van der Waals surface area contributed by atoms with Crippen molar-refractivity contribution in [3.63, 3.8) is 0 Å². The van der Waals surface area contributed by atoms with Crippen molar-refractivity contribution in [2.24, 2.45) is 0 Å². The maximum atomic E-state index is 6.48. The molecule has 0 spiro atoms. The zero-order chi connectivity index (χ0) is 19.6. The van der Waals surface area contributed by atoms with E-state index >= 15 is 0 Å². The van der Waals surface area contributed by atoms with Crippen LogP contribution < -0.4 is 4.74 Å². The fourth-order valence-corrected chi connectivity index (χ4v) is 4.81. The smallest absolute Gasteiger partial charge is 0.122 e. The Bertz CT molecular complexity index is 1020. The topological polar surface area (TPSA) is 38.2 Å². The van der Waals surface area contributed by atoms with Gasteiger partial charge in [0.05, 0.1) is 12.3 Å². The normalized spacial score (nSPS) is 19.0. The van der Waals surface area contributed by atoms with Crippen LogP contribution in [-0.2, 0) is 13.0 Å². The van der Waals surface area contributed by atoms with E-state index in [-0.39, 0.29) is 0 Å². The van der Waals surface area contributed by atoms with Gasteiger partial charge in [0.2, 0.25) is 0 Å². The zero-order valence-corrected chi connectivity index (χ0v) is 17.1. The molecule has 1 saturated heterocycles. The molecule has 3 aromatic rings. The van der Waals surface area contributed by atoms with Crippen molar-refractivity contribution in [1.29, 1.82) is 0 Å². The molecule has 0 radical (unpaired) electrons. The maximum absolute atomic E-state index is 6.48. The molecule has 0 bridgehead atoms. The summed E-state index contributed by atoms with van der Waals surface area (Å²) in [5, 5.41) is 0.747. The van der Waals surface area contributed by atoms with Gasteiger partial charge >= 0.3 is 0 Å². The quantitative estimate of drug-likeness (QED) is 0.604. The summed E-state index contributed by atoms with van der Waals surface area (Å²) >= 11 is 6.48. The Labute approximate surface area is 176 Å². The summed E-state index contributed by atoms with van der Waals surface area (Å²) < 4.78 is 5.64. The molecule has 2 aliphatic rings. The highest BCUT2D eigenvalue weighted by Crippen LogP contribution is 2.36. The van der Waals surface area contributed by atoms with Crippen LogP contribution in [0.1, 0.15) is 35.6 Å². The van der Waals surface area contributed by atoms with E-state index in [9.17, 15) is 0 Å². The van der Waals surface area contributed by atoms with E-state index in [1.54, 1.807) is 6.33 Å². The van der Waals surface area contributed by atoms with Crippen molar-refractivity contribution < 1.29 is 4.74 Å². The van der Waals surface area contributed by atoms with E-state index in [1.165, 1.54) is 17.5 Å². The molecule has 29 heavy (non-hydrogen) atoms. The summed E-state index contributed by atoms with van der Waals surface area (Å²) in [6.45, 7) is 3.90. The number of hydrogen-bond donors (Lipinski definition) is 0. The van der Waals surface area contributed by atoms with Crippen LogP contribution in [0.4, 0.5) is 0 Å². The summed E-state index contributed by atoms with van der Waals surface area (Å²) in [4.78, 5) is 11.5. The first-order chi connectivity index (χ1) is 14.3. The summed E-state index contributed by atoms with van der Waals surface area (Å²) in [7, 11) is 0. The number of aromatic nitrogens is 2. The van der Waals surface area contributed by atoms with E-state index < -0.39 is 0 Å². The largest absolute Gasteiger partial charge is 0.493 e. The second-order valence-corrected chi connectivity index (χ2v) is 8.32. The lowest BCUT2D eigenvalue weighted by molar-refractivity contribution is 0.198. The third-order valence-electron chi connectivity index (χ3n) is 5.96. The van der Waals surface area contributed by atoms with Crippen molar-refractivity contribution in [3.05, 3.63) is 76.8 Å². The van der Waals surface area contributed by atoms with Crippen molar-refractivity contribution in [3.8, 4) is 16.9 Å². The minimum Gasteiger partial charge on any atom is -0.493 e. The second kappa shape index (κ2) is 8.13. The van der Waals surface area contributed by atoms with Gasteiger partial charge in [-0.1, -0.05) is 41.9 Å². The molecule has 4 nitrogen and oxygen atoms in total. The van der Waals surface area contributed by atoms with E-state index in [4.69, 9.17) is 21.3 Å². The van der Waals surface area contributed by atoms with Crippen molar-refractivity contribution in [1.82, 2.24) is 14.9 Å². The summed E-state index contributed by atoms with van der Waals surface area (Å²) in [6.07, 6.45) is 6.90. The second-order valence-electron chi connectivity index (χ2n) is 7.92. The lowest BCUT2D eigenvalue weighted by atomic mass is 9.89. The van der Waals surface area contributed by atoms with Gasteiger partial charge in [0.1, 0.15) is 12.1 Å².